The van der Waals surface area contributed by atoms with E-state index in [4.69, 9.17) is 9.05 Å². The average Bonchev–Trinajstić information content (AvgIpc) is 3.07. The fourth-order valence-corrected chi connectivity index (χ4v) is 7.01. The largest absolute Gasteiger partial charge is 0.472 e. The van der Waals surface area contributed by atoms with Crippen LogP contribution < -0.4 is 5.32 Å². The third-order valence-electron chi connectivity index (χ3n) is 9.76. The molecule has 3 N–H and O–H groups in total. The van der Waals surface area contributed by atoms with Gasteiger partial charge >= 0.3 is 7.82 Å². The van der Waals surface area contributed by atoms with Crippen LogP contribution in [0.5, 0.6) is 0 Å². The Hall–Kier alpha value is -0.760. The fraction of sp³-hybridized carbons (Fsp3) is 0.929. The molecule has 9 heteroatoms. The molecular weight excluding hydrogens is 659 g/mol. The summed E-state index contributed by atoms with van der Waals surface area (Å²) in [7, 11) is 1.62. The lowest BCUT2D eigenvalue weighted by Crippen LogP contribution is -2.46. The maximum absolute atomic E-state index is 12.8. The van der Waals surface area contributed by atoms with E-state index in [1.54, 1.807) is 0 Å². The molecule has 0 bridgehead atoms. The molecule has 0 aliphatic rings. The summed E-state index contributed by atoms with van der Waals surface area (Å²) >= 11 is 0. The molecule has 304 valence electrons. The van der Waals surface area contributed by atoms with E-state index in [9.17, 15) is 19.4 Å². The van der Waals surface area contributed by atoms with Gasteiger partial charge in [0, 0.05) is 6.42 Å². The van der Waals surface area contributed by atoms with Gasteiger partial charge in [-0.05, 0) is 38.5 Å². The molecule has 0 heterocycles. The second kappa shape index (κ2) is 35.0. The highest BCUT2D eigenvalue weighted by Crippen LogP contribution is 2.43. The number of nitrogens with one attached hydrogen (secondary N) is 1. The Morgan fingerprint density at radius 3 is 1.51 bits per heavy atom. The summed E-state index contributed by atoms with van der Waals surface area (Å²) in [6.07, 6.45) is 38.0. The Kier molecular flexibility index (Phi) is 34.5. The van der Waals surface area contributed by atoms with Crippen molar-refractivity contribution in [3.8, 4) is 0 Å². The highest BCUT2D eigenvalue weighted by molar-refractivity contribution is 7.47. The fourth-order valence-electron chi connectivity index (χ4n) is 6.28. The number of quaternary nitrogens is 1. The smallest absolute Gasteiger partial charge is 0.391 e. The minimum absolute atomic E-state index is 0.0754. The molecule has 8 nitrogen and oxygen atoms in total. The van der Waals surface area contributed by atoms with E-state index < -0.39 is 20.0 Å². The van der Waals surface area contributed by atoms with Crippen LogP contribution in [0, 0.1) is 0 Å². The molecule has 1 amide bonds. The number of rotatable bonds is 39. The Morgan fingerprint density at radius 1 is 0.647 bits per heavy atom. The predicted octanol–water partition coefficient (Wildman–Crippen LogP) is 11.6. The van der Waals surface area contributed by atoms with Crippen molar-refractivity contribution in [2.24, 2.45) is 0 Å². The van der Waals surface area contributed by atoms with Crippen LogP contribution in [-0.2, 0) is 18.4 Å². The van der Waals surface area contributed by atoms with Crippen molar-refractivity contribution in [3.63, 3.8) is 0 Å². The van der Waals surface area contributed by atoms with Crippen LogP contribution in [0.1, 0.15) is 200 Å². The van der Waals surface area contributed by atoms with Crippen LogP contribution >= 0.6 is 7.82 Å². The van der Waals surface area contributed by atoms with Crippen molar-refractivity contribution in [3.05, 3.63) is 12.2 Å². The van der Waals surface area contributed by atoms with Crippen LogP contribution in [-0.4, -0.2) is 73.4 Å². The molecule has 51 heavy (non-hydrogen) atoms. The minimum Gasteiger partial charge on any atom is -0.391 e. The first-order valence-corrected chi connectivity index (χ1v) is 23.0. The number of unbranched alkanes of at least 4 members (excludes halogenated alkanes) is 24. The van der Waals surface area contributed by atoms with Crippen molar-refractivity contribution in [2.45, 2.75) is 212 Å². The summed E-state index contributed by atoms with van der Waals surface area (Å²) in [4.78, 5) is 23.1. The molecule has 0 spiro atoms. The Labute approximate surface area is 316 Å². The molecule has 0 saturated carbocycles. The summed E-state index contributed by atoms with van der Waals surface area (Å²) in [6, 6.07) is -0.757. The maximum atomic E-state index is 12.8. The van der Waals surface area contributed by atoms with Crippen molar-refractivity contribution in [2.75, 3.05) is 40.9 Å². The summed E-state index contributed by atoms with van der Waals surface area (Å²) in [5.41, 5.74) is 0. The molecule has 0 aromatic carbocycles. The van der Waals surface area contributed by atoms with Gasteiger partial charge in [0.2, 0.25) is 5.91 Å². The highest BCUT2D eigenvalue weighted by atomic mass is 31.2. The third kappa shape index (κ3) is 37.4. The third-order valence-corrected chi connectivity index (χ3v) is 10.7. The highest BCUT2D eigenvalue weighted by Gasteiger charge is 2.28. The zero-order valence-corrected chi connectivity index (χ0v) is 35.3. The molecule has 0 aliphatic heterocycles. The number of amides is 1. The molecule has 0 radical (unpaired) electrons. The number of hydrogen-bond acceptors (Lipinski definition) is 5. The van der Waals surface area contributed by atoms with Gasteiger partial charge in [0.25, 0.3) is 0 Å². The van der Waals surface area contributed by atoms with Gasteiger partial charge in [-0.2, -0.15) is 0 Å². The normalized spacial score (nSPS) is 14.6. The number of aliphatic hydroxyl groups excluding tert-OH is 1. The van der Waals surface area contributed by atoms with Gasteiger partial charge in [-0.25, -0.2) is 4.57 Å². The molecule has 3 atom stereocenters. The summed E-state index contributed by atoms with van der Waals surface area (Å²) in [6.45, 7) is 4.87. The van der Waals surface area contributed by atoms with Crippen LogP contribution in [0.25, 0.3) is 0 Å². The summed E-state index contributed by atoms with van der Waals surface area (Å²) in [5.74, 6) is -0.149. The summed E-state index contributed by atoms with van der Waals surface area (Å²) in [5, 5.41) is 13.9. The SMILES string of the molecule is CCCCCCCCC/C=C\CCCCCCCCCC(=O)NC(COP(=O)(O)OCC[N+](C)(C)C)C(O)CCCCCCCCCCCCC. The van der Waals surface area contributed by atoms with E-state index in [-0.39, 0.29) is 19.1 Å². The van der Waals surface area contributed by atoms with Gasteiger partial charge < -0.3 is 19.8 Å². The van der Waals surface area contributed by atoms with Gasteiger partial charge in [-0.1, -0.05) is 167 Å². The lowest BCUT2D eigenvalue weighted by Gasteiger charge is -2.26. The number of carbonyl (C=O) groups excluding carboxylic acids is 1. The van der Waals surface area contributed by atoms with E-state index in [0.29, 0.717) is 23.9 Å². The second-order valence-electron chi connectivity index (χ2n) is 16.1. The number of phosphoric ester groups is 1. The first-order chi connectivity index (χ1) is 24.5. The Bertz CT molecular complexity index is 850. The second-order valence-corrected chi connectivity index (χ2v) is 17.5. The number of allylic oxidation sites excluding steroid dienone is 2. The quantitative estimate of drug-likeness (QED) is 0.0250. The molecule has 0 rings (SSSR count). The molecular formula is C42H86N2O6P+. The van der Waals surface area contributed by atoms with Gasteiger partial charge in [0.1, 0.15) is 13.2 Å². The van der Waals surface area contributed by atoms with Gasteiger partial charge in [0.15, 0.2) is 0 Å². The first-order valence-electron chi connectivity index (χ1n) is 21.6. The minimum atomic E-state index is -4.31. The molecule has 0 aromatic rings. The number of nitrogens with zero attached hydrogens (tertiary/aromatic N) is 1. The van der Waals surface area contributed by atoms with Crippen LogP contribution in [0.3, 0.4) is 0 Å². The molecule has 0 aromatic heterocycles. The van der Waals surface area contributed by atoms with E-state index in [2.05, 4.69) is 31.3 Å². The van der Waals surface area contributed by atoms with E-state index >= 15 is 0 Å². The molecule has 0 saturated heterocycles. The maximum Gasteiger partial charge on any atom is 0.472 e. The van der Waals surface area contributed by atoms with Crippen molar-refractivity contribution in [1.29, 1.82) is 0 Å². The van der Waals surface area contributed by atoms with Gasteiger partial charge in [-0.3, -0.25) is 13.8 Å². The van der Waals surface area contributed by atoms with Crippen molar-refractivity contribution >= 4 is 13.7 Å². The molecule has 3 unspecified atom stereocenters. The monoisotopic (exact) mass is 746 g/mol. The summed E-state index contributed by atoms with van der Waals surface area (Å²) < 4.78 is 23.6. The Balaban J connectivity index is 4.33. The van der Waals surface area contributed by atoms with Crippen molar-refractivity contribution < 1.29 is 32.9 Å². The lowest BCUT2D eigenvalue weighted by molar-refractivity contribution is -0.870. The predicted molar refractivity (Wildman–Crippen MR) is 217 cm³/mol. The lowest BCUT2D eigenvalue weighted by atomic mass is 10.0. The molecule has 0 fully saturated rings. The van der Waals surface area contributed by atoms with Crippen LogP contribution in [0.15, 0.2) is 12.2 Å². The van der Waals surface area contributed by atoms with E-state index in [1.165, 1.54) is 135 Å². The zero-order chi connectivity index (χ0) is 37.9. The number of aliphatic hydroxyl groups is 1. The van der Waals surface area contributed by atoms with Gasteiger partial charge in [-0.15, -0.1) is 0 Å². The number of phosphoric acid groups is 1. The first kappa shape index (κ1) is 50.2. The number of carbonyl (C=O) groups is 1. The molecule has 0 aliphatic carbocycles. The number of hydrogen-bond donors (Lipinski definition) is 3. The number of likely N-dealkylation sites (N-methyl/N-ethyl adjacent to an activating group) is 1. The van der Waals surface area contributed by atoms with Crippen LogP contribution in [0.2, 0.25) is 0 Å². The topological polar surface area (TPSA) is 105 Å². The van der Waals surface area contributed by atoms with E-state index in [0.717, 1.165) is 38.5 Å². The average molecular weight is 746 g/mol. The van der Waals surface area contributed by atoms with E-state index in [1.807, 2.05) is 21.1 Å². The standard InChI is InChI=1S/C42H85N2O6P/c1-6-8-10-12-14-16-18-19-20-21-22-23-24-26-28-30-32-34-36-42(46)43-40(39-50-51(47,48)49-38-37-44(3,4)5)41(45)35-33-31-29-27-25-17-15-13-11-9-7-2/h20-21,40-41,45H,6-19,22-39H2,1-5H3,(H-,43,46,47,48)/p+1/b21-20-. The Morgan fingerprint density at radius 2 is 1.06 bits per heavy atom. The van der Waals surface area contributed by atoms with Crippen LogP contribution in [0.4, 0.5) is 0 Å². The van der Waals surface area contributed by atoms with Crippen molar-refractivity contribution in [1.82, 2.24) is 5.32 Å². The zero-order valence-electron chi connectivity index (χ0n) is 34.4. The van der Waals surface area contributed by atoms with Gasteiger partial charge in [0.05, 0.1) is 39.9 Å².